The first-order chi connectivity index (χ1) is 13.1. The molecule has 0 unspecified atom stereocenters. The van der Waals surface area contributed by atoms with Crippen molar-refractivity contribution in [3.8, 4) is 5.75 Å². The van der Waals surface area contributed by atoms with Gasteiger partial charge in [-0.3, -0.25) is 14.6 Å². The van der Waals surface area contributed by atoms with Crippen molar-refractivity contribution >= 4 is 29.1 Å². The Morgan fingerprint density at radius 1 is 1.07 bits per heavy atom. The van der Waals surface area contributed by atoms with Gasteiger partial charge in [0.25, 0.3) is 11.8 Å². The lowest BCUT2D eigenvalue weighted by Gasteiger charge is -2.21. The molecule has 2 aliphatic heterocycles. The molecule has 1 fully saturated rings. The molecular formula is C19H17ClN4O3. The number of carbonyl (C=O) groups excluding carboxylic acids is 2. The maximum absolute atomic E-state index is 13.0. The van der Waals surface area contributed by atoms with Crippen molar-refractivity contribution < 1.29 is 14.3 Å². The number of hydrogen-bond acceptors (Lipinski definition) is 6. The molecule has 0 spiro atoms. The zero-order valence-corrected chi connectivity index (χ0v) is 15.3. The van der Waals surface area contributed by atoms with Gasteiger partial charge in [0, 0.05) is 5.02 Å². The monoisotopic (exact) mass is 384 g/mol. The van der Waals surface area contributed by atoms with Gasteiger partial charge in [-0.15, -0.1) is 0 Å². The van der Waals surface area contributed by atoms with Gasteiger partial charge in [-0.2, -0.15) is 5.11 Å². The van der Waals surface area contributed by atoms with Gasteiger partial charge in [-0.05, 0) is 42.8 Å². The third kappa shape index (κ3) is 3.04. The molecule has 0 radical (unpaired) electrons. The predicted molar refractivity (Wildman–Crippen MR) is 99.5 cm³/mol. The summed E-state index contributed by atoms with van der Waals surface area (Å²) in [7, 11) is 0. The third-order valence-corrected chi connectivity index (χ3v) is 4.92. The molecule has 2 amide bonds. The molecule has 7 nitrogen and oxygen atoms in total. The second-order valence-electron chi connectivity index (χ2n) is 6.22. The minimum Gasteiger partial charge on any atom is -0.494 e. The topological polar surface area (TPSA) is 74.6 Å². The number of carbonyl (C=O) groups is 2. The third-order valence-electron chi connectivity index (χ3n) is 4.55. The number of amides is 2. The molecule has 0 saturated carbocycles. The Morgan fingerprint density at radius 3 is 2.52 bits per heavy atom. The first-order valence-corrected chi connectivity index (χ1v) is 8.99. The molecule has 2 atom stereocenters. The second kappa shape index (κ2) is 7.00. The molecule has 0 aromatic heterocycles. The maximum atomic E-state index is 13.0. The molecule has 2 aromatic rings. The number of hydrogen-bond donors (Lipinski definition) is 0. The van der Waals surface area contributed by atoms with Gasteiger partial charge in [0.05, 0.1) is 18.8 Å². The van der Waals surface area contributed by atoms with E-state index in [0.29, 0.717) is 29.6 Å². The van der Waals surface area contributed by atoms with Crippen LogP contribution in [0.2, 0.25) is 5.02 Å². The summed E-state index contributed by atoms with van der Waals surface area (Å²) in [6.07, 6.45) is 0. The molecule has 2 aliphatic rings. The molecule has 2 heterocycles. The van der Waals surface area contributed by atoms with Crippen LogP contribution in [0, 0.1) is 0 Å². The first-order valence-electron chi connectivity index (χ1n) is 8.61. The average molecular weight is 385 g/mol. The number of anilines is 1. The quantitative estimate of drug-likeness (QED) is 0.742. The summed E-state index contributed by atoms with van der Waals surface area (Å²) < 4.78 is 5.40. The fourth-order valence-electron chi connectivity index (χ4n) is 3.27. The molecule has 138 valence electrons. The van der Waals surface area contributed by atoms with E-state index < -0.39 is 12.1 Å². The highest BCUT2D eigenvalue weighted by atomic mass is 35.5. The van der Waals surface area contributed by atoms with Gasteiger partial charge in [-0.1, -0.05) is 35.0 Å². The number of imide groups is 1. The highest BCUT2D eigenvalue weighted by Gasteiger charge is 2.54. The smallest absolute Gasteiger partial charge is 0.263 e. The number of benzene rings is 2. The van der Waals surface area contributed by atoms with Gasteiger partial charge in [-0.25, -0.2) is 4.90 Å². The zero-order valence-electron chi connectivity index (χ0n) is 14.6. The fraction of sp³-hybridized carbons (Fsp3) is 0.263. The maximum Gasteiger partial charge on any atom is 0.263 e. The minimum absolute atomic E-state index is 0.306. The van der Waals surface area contributed by atoms with Crippen LogP contribution in [-0.4, -0.2) is 35.5 Å². The molecular weight excluding hydrogens is 368 g/mol. The minimum atomic E-state index is -0.827. The SMILES string of the molecule is CCOc1ccc(N2C(=O)[C@@H]3N=NN(Cc4ccccc4Cl)[C@H]3C2=O)cc1. The molecule has 8 heteroatoms. The van der Waals surface area contributed by atoms with Crippen LogP contribution in [0.3, 0.4) is 0 Å². The second-order valence-corrected chi connectivity index (χ2v) is 6.63. The molecule has 0 bridgehead atoms. The van der Waals surface area contributed by atoms with E-state index >= 15 is 0 Å². The summed E-state index contributed by atoms with van der Waals surface area (Å²) >= 11 is 6.20. The van der Waals surface area contributed by atoms with E-state index in [4.69, 9.17) is 16.3 Å². The lowest BCUT2D eigenvalue weighted by Crippen LogP contribution is -2.39. The Hall–Kier alpha value is -2.93. The molecule has 2 aromatic carbocycles. The normalized spacial score (nSPS) is 21.1. The number of nitrogens with zero attached hydrogens (tertiary/aromatic N) is 4. The van der Waals surface area contributed by atoms with E-state index in [1.807, 2.05) is 25.1 Å². The van der Waals surface area contributed by atoms with Crippen LogP contribution in [0.1, 0.15) is 12.5 Å². The Balaban J connectivity index is 1.57. The van der Waals surface area contributed by atoms with Crippen molar-refractivity contribution in [1.82, 2.24) is 5.01 Å². The number of rotatable bonds is 5. The van der Waals surface area contributed by atoms with E-state index in [1.165, 1.54) is 9.91 Å². The predicted octanol–water partition coefficient (Wildman–Crippen LogP) is 3.23. The molecule has 1 saturated heterocycles. The van der Waals surface area contributed by atoms with Crippen LogP contribution in [0.5, 0.6) is 5.75 Å². The van der Waals surface area contributed by atoms with Crippen LogP contribution in [-0.2, 0) is 16.1 Å². The molecule has 0 N–H and O–H groups in total. The van der Waals surface area contributed by atoms with Gasteiger partial charge >= 0.3 is 0 Å². The van der Waals surface area contributed by atoms with Crippen molar-refractivity contribution in [2.75, 3.05) is 11.5 Å². The number of halogens is 1. The standard InChI is InChI=1S/C19H17ClN4O3/c1-2-27-14-9-7-13(8-10-14)24-18(25)16-17(19(24)26)23(22-21-16)11-12-5-3-4-6-15(12)20/h3-10,16-17H,2,11H2,1H3/t16-,17-/m1/s1. The summed E-state index contributed by atoms with van der Waals surface area (Å²) in [6, 6.07) is 12.6. The lowest BCUT2D eigenvalue weighted by molar-refractivity contribution is -0.123. The largest absolute Gasteiger partial charge is 0.494 e. The van der Waals surface area contributed by atoms with Gasteiger partial charge in [0.2, 0.25) is 0 Å². The number of ether oxygens (including phenoxy) is 1. The van der Waals surface area contributed by atoms with Crippen LogP contribution in [0.4, 0.5) is 5.69 Å². The van der Waals surface area contributed by atoms with E-state index in [0.717, 1.165) is 5.56 Å². The van der Waals surface area contributed by atoms with Crippen LogP contribution in [0.15, 0.2) is 58.9 Å². The highest BCUT2D eigenvalue weighted by molar-refractivity contribution is 6.31. The van der Waals surface area contributed by atoms with Crippen LogP contribution >= 0.6 is 11.6 Å². The van der Waals surface area contributed by atoms with Crippen molar-refractivity contribution in [3.63, 3.8) is 0 Å². The molecule has 27 heavy (non-hydrogen) atoms. The molecule has 0 aliphatic carbocycles. The van der Waals surface area contributed by atoms with Gasteiger partial charge in [0.1, 0.15) is 5.75 Å². The van der Waals surface area contributed by atoms with Crippen LogP contribution < -0.4 is 9.64 Å². The lowest BCUT2D eigenvalue weighted by atomic mass is 10.1. The van der Waals surface area contributed by atoms with Crippen molar-refractivity contribution in [3.05, 3.63) is 59.1 Å². The van der Waals surface area contributed by atoms with Gasteiger partial charge < -0.3 is 4.74 Å². The number of fused-ring (bicyclic) bond motifs is 1. The van der Waals surface area contributed by atoms with E-state index in [-0.39, 0.29) is 11.8 Å². The van der Waals surface area contributed by atoms with Gasteiger partial charge in [0.15, 0.2) is 12.1 Å². The zero-order chi connectivity index (χ0) is 19.0. The summed E-state index contributed by atoms with van der Waals surface area (Å²) in [5.41, 5.74) is 1.31. The van der Waals surface area contributed by atoms with E-state index in [2.05, 4.69) is 10.3 Å². The van der Waals surface area contributed by atoms with E-state index in [9.17, 15) is 9.59 Å². The van der Waals surface area contributed by atoms with Crippen molar-refractivity contribution in [2.45, 2.75) is 25.6 Å². The molecule has 4 rings (SSSR count). The van der Waals surface area contributed by atoms with Crippen molar-refractivity contribution in [1.29, 1.82) is 0 Å². The Morgan fingerprint density at radius 2 is 1.81 bits per heavy atom. The highest BCUT2D eigenvalue weighted by Crippen LogP contribution is 2.34. The Kier molecular flexibility index (Phi) is 4.53. The summed E-state index contributed by atoms with van der Waals surface area (Å²) in [5.74, 6) is -0.0358. The van der Waals surface area contributed by atoms with E-state index in [1.54, 1.807) is 30.3 Å². The Bertz CT molecular complexity index is 915. The fourth-order valence-corrected chi connectivity index (χ4v) is 3.46. The Labute approximate surface area is 161 Å². The summed E-state index contributed by atoms with van der Waals surface area (Å²) in [6.45, 7) is 2.74. The first kappa shape index (κ1) is 17.5. The average Bonchev–Trinajstić information content (AvgIpc) is 3.19. The van der Waals surface area contributed by atoms with Crippen molar-refractivity contribution in [2.24, 2.45) is 10.3 Å². The summed E-state index contributed by atoms with van der Waals surface area (Å²) in [5, 5.41) is 10.2. The summed E-state index contributed by atoms with van der Waals surface area (Å²) in [4.78, 5) is 26.9. The van der Waals surface area contributed by atoms with Crippen LogP contribution in [0.25, 0.3) is 0 Å².